The van der Waals surface area contributed by atoms with Crippen molar-refractivity contribution in [3.05, 3.63) is 23.3 Å². The molecule has 0 aromatic heterocycles. The molecule has 9 rings (SSSR count). The summed E-state index contributed by atoms with van der Waals surface area (Å²) in [5.74, 6) is -1.29. The van der Waals surface area contributed by atoms with Crippen LogP contribution in [0.3, 0.4) is 0 Å². The van der Waals surface area contributed by atoms with Gasteiger partial charge >= 0.3 is 10.4 Å². The molecule has 0 aromatic rings. The van der Waals surface area contributed by atoms with E-state index in [1.165, 1.54) is 45.8 Å². The van der Waals surface area contributed by atoms with E-state index in [2.05, 4.69) is 26.0 Å². The number of aliphatic hydroxyl groups is 11. The Morgan fingerprint density at radius 3 is 1.74 bits per heavy atom. The van der Waals surface area contributed by atoms with Crippen LogP contribution in [0.1, 0.15) is 127 Å². The summed E-state index contributed by atoms with van der Waals surface area (Å²) in [7, 11) is -4.86. The van der Waals surface area contributed by atoms with E-state index in [1.807, 2.05) is 20.8 Å². The quantitative estimate of drug-likeness (QED) is 0.0696. The highest BCUT2D eigenvalue weighted by molar-refractivity contribution is 7.80. The summed E-state index contributed by atoms with van der Waals surface area (Å²) in [5, 5.41) is 124. The largest absolute Gasteiger partial charge is 0.397 e. The minimum absolute atomic E-state index is 0.0359. The highest BCUT2D eigenvalue weighted by Crippen LogP contribution is 2.67. The van der Waals surface area contributed by atoms with Crippen LogP contribution in [0.5, 0.6) is 0 Å². The molecule has 0 amide bonds. The summed E-state index contributed by atoms with van der Waals surface area (Å²) < 4.78 is 101. The molecular weight excluding hydrogens is 1130 g/mol. The number of rotatable bonds is 16. The molecule has 12 N–H and O–H groups in total. The maximum atomic E-state index is 14.4. The molecule has 8 fully saturated rings. The third kappa shape index (κ3) is 12.9. The molecule has 0 bridgehead atoms. The summed E-state index contributed by atoms with van der Waals surface area (Å²) in [4.78, 5) is 14.4. The minimum Gasteiger partial charge on any atom is -0.390 e. The van der Waals surface area contributed by atoms with Gasteiger partial charge in [0, 0.05) is 0 Å². The van der Waals surface area contributed by atoms with Gasteiger partial charge in [0.15, 0.2) is 43.3 Å². The zero-order valence-corrected chi connectivity index (χ0v) is 50.1. The Bertz CT molecular complexity index is 2460. The minimum atomic E-state index is -4.86. The fourth-order valence-corrected chi connectivity index (χ4v) is 16.2. The molecule has 0 unspecified atom stereocenters. The van der Waals surface area contributed by atoms with Crippen molar-refractivity contribution in [3.63, 3.8) is 0 Å². The monoisotopic (exact) mass is 1220 g/mol. The first-order valence-corrected chi connectivity index (χ1v) is 31.1. The van der Waals surface area contributed by atoms with E-state index < -0.39 is 193 Å². The highest BCUT2D eigenvalue weighted by atomic mass is 32.3. The molecule has 84 heavy (non-hydrogen) atoms. The van der Waals surface area contributed by atoms with Gasteiger partial charge in [0.05, 0.1) is 42.2 Å². The number of Topliss-reactive ketones (excluding diaryl/α,β-unsaturated/α-hetero) is 1. The van der Waals surface area contributed by atoms with E-state index in [4.69, 9.17) is 51.6 Å². The fourth-order valence-electron chi connectivity index (χ4n) is 15.6. The summed E-state index contributed by atoms with van der Waals surface area (Å²) in [6.45, 7) is 17.4. The molecular formula is C57H92O26S. The molecule has 27 heteroatoms. The van der Waals surface area contributed by atoms with E-state index in [9.17, 15) is 73.9 Å². The van der Waals surface area contributed by atoms with Crippen LogP contribution in [-0.4, -0.2) is 240 Å². The third-order valence-corrected chi connectivity index (χ3v) is 20.9. The first-order chi connectivity index (χ1) is 39.2. The molecule has 4 aliphatic carbocycles. The number of ether oxygens (including phenoxy) is 10. The van der Waals surface area contributed by atoms with Crippen molar-refractivity contribution >= 4 is 16.2 Å². The normalized spacial score (nSPS) is 51.6. The van der Waals surface area contributed by atoms with Crippen molar-refractivity contribution in [3.8, 4) is 0 Å². The molecule has 5 aliphatic heterocycles. The number of allylic oxidation sites excluding steroid dienone is 4. The Morgan fingerprint density at radius 1 is 0.631 bits per heavy atom. The Morgan fingerprint density at radius 2 is 1.15 bits per heavy atom. The van der Waals surface area contributed by atoms with Gasteiger partial charge in [-0.15, -0.1) is 0 Å². The van der Waals surface area contributed by atoms with Crippen LogP contribution in [-0.2, 0) is 66.7 Å². The molecule has 0 radical (unpaired) electrons. The Labute approximate surface area is 490 Å². The van der Waals surface area contributed by atoms with Crippen molar-refractivity contribution in [1.82, 2.24) is 0 Å². The number of hydrogen-bond acceptors (Lipinski definition) is 25. The second kappa shape index (κ2) is 25.5. The average Bonchev–Trinajstić information content (AvgIpc) is 1.39. The molecule has 5 heterocycles. The highest BCUT2D eigenvalue weighted by Gasteiger charge is 2.64. The van der Waals surface area contributed by atoms with Crippen LogP contribution >= 0.6 is 0 Å². The average molecular weight is 1230 g/mol. The van der Waals surface area contributed by atoms with Crippen molar-refractivity contribution in [2.24, 2.45) is 34.5 Å². The predicted molar refractivity (Wildman–Crippen MR) is 287 cm³/mol. The van der Waals surface area contributed by atoms with Gasteiger partial charge in [0.1, 0.15) is 85.5 Å². The molecule has 3 saturated carbocycles. The zero-order chi connectivity index (χ0) is 61.6. The Hall–Kier alpha value is -1.82. The lowest BCUT2D eigenvalue weighted by atomic mass is 9.47. The van der Waals surface area contributed by atoms with E-state index >= 15 is 0 Å². The van der Waals surface area contributed by atoms with Gasteiger partial charge in [-0.05, 0) is 148 Å². The predicted octanol–water partition coefficient (Wildman–Crippen LogP) is -0.311. The number of aliphatic hydroxyl groups excluding tert-OH is 10. The molecule has 482 valence electrons. The second-order valence-electron chi connectivity index (χ2n) is 26.4. The van der Waals surface area contributed by atoms with Crippen LogP contribution in [0.15, 0.2) is 23.3 Å². The van der Waals surface area contributed by atoms with Crippen LogP contribution in [0.2, 0.25) is 0 Å². The number of ketones is 1. The van der Waals surface area contributed by atoms with Gasteiger partial charge in [-0.2, -0.15) is 8.42 Å². The van der Waals surface area contributed by atoms with Gasteiger partial charge in [-0.1, -0.05) is 37.1 Å². The van der Waals surface area contributed by atoms with E-state index in [0.29, 0.717) is 32.1 Å². The number of hydrogen-bond donors (Lipinski definition) is 12. The SMILES string of the molecule is CC(C)=CCC[C@](C)(O)[C@H]1CC[C@H]2[C@@H]3C[C@H](O[C@@H]4O[C@H](C)C(=O)[C@H](O[C@@H]5O[C@H](C)[C@@H](O[C@@H]6O[C@H](C)[C@H](O)[C@H](O)[C@H]6O[C@@H]6O[C@H](C)[C@H](O)[C@H](O)[C@H]6O)[C@H](O)[C@H]5O[C@@H]5O[C@H](C)[C@@H](O)[C@H](O)[C@H]5O)[C@H]4O)[C@H]4C[C@@H](OS(=O)(=O)O)CC[C@]4(C)C3=CC[C@@]21C. The van der Waals surface area contributed by atoms with Crippen LogP contribution in [0.25, 0.3) is 0 Å². The van der Waals surface area contributed by atoms with Crippen molar-refractivity contribution in [2.45, 2.75) is 292 Å². The lowest BCUT2D eigenvalue weighted by Crippen LogP contribution is -2.67. The number of carbonyl (C=O) groups excluding carboxylic acids is 1. The Kier molecular flexibility index (Phi) is 20.2. The van der Waals surface area contributed by atoms with E-state index in [0.717, 1.165) is 19.3 Å². The van der Waals surface area contributed by atoms with Gasteiger partial charge in [0.2, 0.25) is 0 Å². The van der Waals surface area contributed by atoms with E-state index in [-0.39, 0.29) is 29.6 Å². The first kappa shape index (κ1) is 66.6. The first-order valence-electron chi connectivity index (χ1n) is 29.8. The van der Waals surface area contributed by atoms with Gasteiger partial charge in [0.25, 0.3) is 0 Å². The Balaban J connectivity index is 0.992. The smallest absolute Gasteiger partial charge is 0.390 e. The molecule has 26 nitrogen and oxygen atoms in total. The topological polar surface area (TPSA) is 396 Å². The van der Waals surface area contributed by atoms with Crippen molar-refractivity contribution in [1.29, 1.82) is 0 Å². The second-order valence-corrected chi connectivity index (χ2v) is 27.4. The van der Waals surface area contributed by atoms with Crippen LogP contribution in [0.4, 0.5) is 0 Å². The maximum absolute atomic E-state index is 14.4. The lowest BCUT2D eigenvalue weighted by molar-refractivity contribution is -0.399. The lowest BCUT2D eigenvalue weighted by Gasteiger charge is -2.60. The molecule has 5 saturated heterocycles. The number of fused-ring (bicyclic) bond motifs is 5. The standard InChI is InChI=1S/C57H92O26S/c1-22(2)12-11-17-57(10,69)34-14-13-30-29-21-33(32-20-28(83-84(70,71)72)15-18-55(32,8)31(29)16-19-56(30,34)9)78-52-45(68)47(38(61)26(6)75-52)80-54-49(82-51-43(66)40(63)36(59)24(4)74-51)44(67)46(27(7)77-54)79-53-48(41(64)37(60)25(5)76-53)81-50-42(65)39(62)35(58)23(3)73-50/h12,16,23-30,32-37,39-54,58-60,62-69H,11,13-15,17-21H2,1-10H3,(H,70,71,72)/t23-,24-,25-,26-,27-,28+,29+,30+,32-,33+,34+,35+,36-,37+,39+,40+,41+,42-,43-,44+,45-,46-,47+,48-,49-,50+,51+,52+,53+,54+,55-,56+,57+/m1/s1. The van der Waals surface area contributed by atoms with Crippen molar-refractivity contribution < 1.29 is 125 Å². The number of carbonyl (C=O) groups is 1. The van der Waals surface area contributed by atoms with Crippen LogP contribution < -0.4 is 0 Å². The summed E-state index contributed by atoms with van der Waals surface area (Å²) in [5.41, 5.74) is 0.482. The van der Waals surface area contributed by atoms with Gasteiger partial charge < -0.3 is 104 Å². The van der Waals surface area contributed by atoms with Crippen molar-refractivity contribution in [2.75, 3.05) is 0 Å². The van der Waals surface area contributed by atoms with Crippen LogP contribution in [0, 0.1) is 34.5 Å². The fraction of sp³-hybridized carbons (Fsp3) is 0.912. The molecule has 0 aromatic carbocycles. The summed E-state index contributed by atoms with van der Waals surface area (Å²) in [6, 6.07) is 0. The molecule has 0 spiro atoms. The molecule has 33 atom stereocenters. The zero-order valence-electron chi connectivity index (χ0n) is 49.3. The maximum Gasteiger partial charge on any atom is 0.397 e. The van der Waals surface area contributed by atoms with E-state index in [1.54, 1.807) is 0 Å². The molecule has 9 aliphatic rings. The summed E-state index contributed by atoms with van der Waals surface area (Å²) >= 11 is 0. The summed E-state index contributed by atoms with van der Waals surface area (Å²) in [6.07, 6.45) is -32.1. The third-order valence-electron chi connectivity index (χ3n) is 20.4. The van der Waals surface area contributed by atoms with Gasteiger partial charge in [-0.3, -0.25) is 9.35 Å². The van der Waals surface area contributed by atoms with Gasteiger partial charge in [-0.25, -0.2) is 4.18 Å².